The summed E-state index contributed by atoms with van der Waals surface area (Å²) in [5.74, 6) is -0.638. The van der Waals surface area contributed by atoms with E-state index in [4.69, 9.17) is 5.21 Å². The van der Waals surface area contributed by atoms with E-state index in [0.29, 0.717) is 5.56 Å². The molecule has 0 aliphatic carbocycles. The van der Waals surface area contributed by atoms with Crippen molar-refractivity contribution >= 4 is 29.5 Å². The van der Waals surface area contributed by atoms with E-state index < -0.39 is 5.91 Å². The fourth-order valence-corrected chi connectivity index (χ4v) is 2.62. The van der Waals surface area contributed by atoms with Crippen LogP contribution >= 0.6 is 0 Å². The normalized spacial score (nSPS) is 11.1. The standard InChI is InChI=1S/C22H24N2O3/c1-3-24(4-2)20-13-11-19(12-14-20)21(25)15-9-17-5-7-18(8-6-17)10-16-22(26)23-27/h5-16,27H,3-4H2,1-2H3,(H,23,26). The van der Waals surface area contributed by atoms with Crippen LogP contribution < -0.4 is 10.4 Å². The molecular formula is C22H24N2O3. The molecule has 0 atom stereocenters. The van der Waals surface area contributed by atoms with Gasteiger partial charge in [-0.05, 0) is 61.4 Å². The second-order valence-corrected chi connectivity index (χ2v) is 5.89. The summed E-state index contributed by atoms with van der Waals surface area (Å²) < 4.78 is 0. The van der Waals surface area contributed by atoms with Gasteiger partial charge < -0.3 is 4.90 Å². The van der Waals surface area contributed by atoms with Crippen LogP contribution in [0.2, 0.25) is 0 Å². The molecule has 0 bridgehead atoms. The highest BCUT2D eigenvalue weighted by atomic mass is 16.5. The Kier molecular flexibility index (Phi) is 7.52. The summed E-state index contributed by atoms with van der Waals surface area (Å²) in [6.07, 6.45) is 6.13. The van der Waals surface area contributed by atoms with Crippen LogP contribution in [0.15, 0.2) is 60.7 Å². The van der Waals surface area contributed by atoms with Gasteiger partial charge >= 0.3 is 0 Å². The number of hydrogen-bond donors (Lipinski definition) is 2. The van der Waals surface area contributed by atoms with E-state index in [2.05, 4.69) is 18.7 Å². The van der Waals surface area contributed by atoms with E-state index in [9.17, 15) is 9.59 Å². The molecule has 2 rings (SSSR count). The number of hydrogen-bond acceptors (Lipinski definition) is 4. The van der Waals surface area contributed by atoms with Crippen LogP contribution in [-0.2, 0) is 4.79 Å². The first-order valence-electron chi connectivity index (χ1n) is 8.87. The van der Waals surface area contributed by atoms with E-state index in [-0.39, 0.29) is 5.78 Å². The third kappa shape index (κ3) is 5.94. The van der Waals surface area contributed by atoms with Gasteiger partial charge in [-0.3, -0.25) is 14.8 Å². The Morgan fingerprint density at radius 1 is 0.889 bits per heavy atom. The summed E-state index contributed by atoms with van der Waals surface area (Å²) in [6.45, 7) is 6.07. The van der Waals surface area contributed by atoms with Crippen molar-refractivity contribution in [1.82, 2.24) is 5.48 Å². The molecule has 5 nitrogen and oxygen atoms in total. The number of ketones is 1. The van der Waals surface area contributed by atoms with Gasteiger partial charge in [0.1, 0.15) is 0 Å². The maximum absolute atomic E-state index is 12.3. The number of hydroxylamine groups is 1. The van der Waals surface area contributed by atoms with E-state index in [1.165, 1.54) is 11.6 Å². The Morgan fingerprint density at radius 2 is 1.41 bits per heavy atom. The quantitative estimate of drug-likeness (QED) is 0.322. The van der Waals surface area contributed by atoms with Crippen molar-refractivity contribution in [2.45, 2.75) is 13.8 Å². The summed E-state index contributed by atoms with van der Waals surface area (Å²) in [4.78, 5) is 25.5. The maximum atomic E-state index is 12.3. The van der Waals surface area contributed by atoms with Gasteiger partial charge in [0, 0.05) is 30.4 Å². The van der Waals surface area contributed by atoms with Crippen LogP contribution in [0.1, 0.15) is 35.3 Å². The summed E-state index contributed by atoms with van der Waals surface area (Å²) >= 11 is 0. The van der Waals surface area contributed by atoms with Gasteiger partial charge in [-0.25, -0.2) is 5.48 Å². The lowest BCUT2D eigenvalue weighted by Gasteiger charge is -2.20. The molecule has 0 unspecified atom stereocenters. The van der Waals surface area contributed by atoms with Gasteiger partial charge in [0.15, 0.2) is 5.78 Å². The number of rotatable bonds is 8. The van der Waals surface area contributed by atoms with Gasteiger partial charge in [0.2, 0.25) is 0 Å². The van der Waals surface area contributed by atoms with E-state index >= 15 is 0 Å². The summed E-state index contributed by atoms with van der Waals surface area (Å²) in [5, 5.41) is 8.45. The zero-order valence-corrected chi connectivity index (χ0v) is 15.6. The minimum Gasteiger partial charge on any atom is -0.372 e. The zero-order chi connectivity index (χ0) is 19.6. The molecular weight excluding hydrogens is 340 g/mol. The smallest absolute Gasteiger partial charge is 0.267 e. The van der Waals surface area contributed by atoms with E-state index in [1.807, 2.05) is 48.5 Å². The van der Waals surface area contributed by atoms with Crippen LogP contribution in [0.3, 0.4) is 0 Å². The average Bonchev–Trinajstić information content (AvgIpc) is 2.72. The Hall–Kier alpha value is -3.18. The lowest BCUT2D eigenvalue weighted by molar-refractivity contribution is -0.124. The zero-order valence-electron chi connectivity index (χ0n) is 15.6. The third-order valence-corrected chi connectivity index (χ3v) is 4.18. The van der Waals surface area contributed by atoms with Crippen LogP contribution in [0, 0.1) is 0 Å². The highest BCUT2D eigenvalue weighted by molar-refractivity contribution is 6.07. The van der Waals surface area contributed by atoms with Gasteiger partial charge in [-0.15, -0.1) is 0 Å². The van der Waals surface area contributed by atoms with E-state index in [0.717, 1.165) is 29.9 Å². The minimum atomic E-state index is -0.586. The molecule has 27 heavy (non-hydrogen) atoms. The molecule has 0 aliphatic heterocycles. The van der Waals surface area contributed by atoms with Crippen molar-refractivity contribution in [2.24, 2.45) is 0 Å². The molecule has 2 N–H and O–H groups in total. The van der Waals surface area contributed by atoms with Crippen molar-refractivity contribution in [3.8, 4) is 0 Å². The molecule has 1 amide bonds. The molecule has 0 saturated carbocycles. The topological polar surface area (TPSA) is 69.6 Å². The number of carbonyl (C=O) groups is 2. The summed E-state index contributed by atoms with van der Waals surface area (Å²) in [6, 6.07) is 15.0. The maximum Gasteiger partial charge on any atom is 0.267 e. The van der Waals surface area contributed by atoms with Crippen molar-refractivity contribution < 1.29 is 14.8 Å². The molecule has 0 heterocycles. The molecule has 140 valence electrons. The number of amides is 1. The molecule has 0 aromatic heterocycles. The predicted octanol–water partition coefficient (Wildman–Crippen LogP) is 3.95. The SMILES string of the molecule is CCN(CC)c1ccc(C(=O)C=Cc2ccc(C=CC(=O)NO)cc2)cc1. The largest absolute Gasteiger partial charge is 0.372 e. The first-order chi connectivity index (χ1) is 13.1. The van der Waals surface area contributed by atoms with Gasteiger partial charge in [-0.2, -0.15) is 0 Å². The molecule has 0 fully saturated rings. The highest BCUT2D eigenvalue weighted by Gasteiger charge is 2.05. The molecule has 2 aromatic carbocycles. The Balaban J connectivity index is 2.01. The lowest BCUT2D eigenvalue weighted by atomic mass is 10.1. The number of anilines is 1. The second-order valence-electron chi connectivity index (χ2n) is 5.89. The van der Waals surface area contributed by atoms with Crippen LogP contribution in [0.5, 0.6) is 0 Å². The third-order valence-electron chi connectivity index (χ3n) is 4.18. The van der Waals surface area contributed by atoms with Crippen molar-refractivity contribution in [3.05, 3.63) is 77.4 Å². The first kappa shape index (κ1) is 20.1. The first-order valence-corrected chi connectivity index (χ1v) is 8.87. The number of carbonyl (C=O) groups excluding carboxylic acids is 2. The number of nitrogens with zero attached hydrogens (tertiary/aromatic N) is 1. The Bertz CT molecular complexity index is 818. The van der Waals surface area contributed by atoms with Crippen LogP contribution in [-0.4, -0.2) is 30.0 Å². The molecule has 0 spiro atoms. The highest BCUT2D eigenvalue weighted by Crippen LogP contribution is 2.16. The molecule has 0 aliphatic rings. The number of benzene rings is 2. The molecule has 0 saturated heterocycles. The fraction of sp³-hybridized carbons (Fsp3) is 0.182. The van der Waals surface area contributed by atoms with Crippen molar-refractivity contribution in [2.75, 3.05) is 18.0 Å². The molecule has 0 radical (unpaired) electrons. The second kappa shape index (κ2) is 10.1. The molecule has 2 aromatic rings. The van der Waals surface area contributed by atoms with Gasteiger partial charge in [0.05, 0.1) is 0 Å². The monoisotopic (exact) mass is 364 g/mol. The fourth-order valence-electron chi connectivity index (χ4n) is 2.62. The average molecular weight is 364 g/mol. The van der Waals surface area contributed by atoms with Crippen molar-refractivity contribution in [3.63, 3.8) is 0 Å². The predicted molar refractivity (Wildman–Crippen MR) is 109 cm³/mol. The molecule has 5 heteroatoms. The lowest BCUT2D eigenvalue weighted by Crippen LogP contribution is -2.21. The summed E-state index contributed by atoms with van der Waals surface area (Å²) in [7, 11) is 0. The van der Waals surface area contributed by atoms with E-state index in [1.54, 1.807) is 18.2 Å². The Labute approximate surface area is 159 Å². The van der Waals surface area contributed by atoms with Gasteiger partial charge in [-0.1, -0.05) is 30.3 Å². The van der Waals surface area contributed by atoms with Gasteiger partial charge in [0.25, 0.3) is 5.91 Å². The Morgan fingerprint density at radius 3 is 1.89 bits per heavy atom. The summed E-state index contributed by atoms with van der Waals surface area (Å²) in [5.41, 5.74) is 4.99. The van der Waals surface area contributed by atoms with Crippen LogP contribution in [0.4, 0.5) is 5.69 Å². The number of nitrogens with one attached hydrogen (secondary N) is 1. The van der Waals surface area contributed by atoms with Crippen molar-refractivity contribution in [1.29, 1.82) is 0 Å². The van der Waals surface area contributed by atoms with Crippen LogP contribution in [0.25, 0.3) is 12.2 Å². The number of allylic oxidation sites excluding steroid dienone is 1. The minimum absolute atomic E-state index is 0.0512.